The van der Waals surface area contributed by atoms with E-state index in [9.17, 15) is 9.59 Å². The second-order valence-electron chi connectivity index (χ2n) is 6.35. The number of nitrogens with zero attached hydrogens (tertiary/aromatic N) is 1. The van der Waals surface area contributed by atoms with Crippen LogP contribution in [0.15, 0.2) is 42.0 Å². The summed E-state index contributed by atoms with van der Waals surface area (Å²) in [5.41, 5.74) is 1.95. The molecule has 3 aliphatic rings. The van der Waals surface area contributed by atoms with Crippen LogP contribution in [0.1, 0.15) is 32.1 Å². The topological polar surface area (TPSA) is 37.4 Å². The monoisotopic (exact) mass is 281 g/mol. The molecule has 2 fully saturated rings. The SMILES string of the molecule is O=C1C2C=C(C3CCCCC3)C2C(=O)N1c1ccccc1. The number of amides is 2. The first kappa shape index (κ1) is 12.8. The van der Waals surface area contributed by atoms with Crippen LogP contribution in [0.5, 0.6) is 0 Å². The fourth-order valence-corrected chi connectivity index (χ4v) is 4.06. The summed E-state index contributed by atoms with van der Waals surface area (Å²) >= 11 is 0. The second-order valence-corrected chi connectivity index (χ2v) is 6.35. The van der Waals surface area contributed by atoms with Gasteiger partial charge in [-0.3, -0.25) is 9.59 Å². The van der Waals surface area contributed by atoms with Crippen molar-refractivity contribution < 1.29 is 9.59 Å². The lowest BCUT2D eigenvalue weighted by atomic mass is 9.67. The fraction of sp³-hybridized carbons (Fsp3) is 0.444. The van der Waals surface area contributed by atoms with Crippen molar-refractivity contribution in [3.8, 4) is 0 Å². The summed E-state index contributed by atoms with van der Waals surface area (Å²) in [4.78, 5) is 26.6. The lowest BCUT2D eigenvalue weighted by Crippen LogP contribution is -2.33. The molecule has 0 N–H and O–H groups in total. The molecule has 108 valence electrons. The van der Waals surface area contributed by atoms with E-state index in [1.807, 2.05) is 30.3 Å². The van der Waals surface area contributed by atoms with Crippen LogP contribution in [0.3, 0.4) is 0 Å². The molecule has 3 nitrogen and oxygen atoms in total. The predicted octanol–water partition coefficient (Wildman–Crippen LogP) is 3.31. The first-order valence-electron chi connectivity index (χ1n) is 7.92. The Morgan fingerprint density at radius 1 is 0.905 bits per heavy atom. The van der Waals surface area contributed by atoms with Crippen LogP contribution in [0.2, 0.25) is 0 Å². The predicted molar refractivity (Wildman–Crippen MR) is 80.6 cm³/mol. The lowest BCUT2D eigenvalue weighted by Gasteiger charge is -2.34. The Hall–Kier alpha value is -1.90. The molecule has 21 heavy (non-hydrogen) atoms. The number of imide groups is 1. The highest BCUT2D eigenvalue weighted by atomic mass is 16.2. The summed E-state index contributed by atoms with van der Waals surface area (Å²) in [5.74, 6) is 0.109. The van der Waals surface area contributed by atoms with E-state index in [4.69, 9.17) is 0 Å². The summed E-state index contributed by atoms with van der Waals surface area (Å²) in [6.45, 7) is 0. The van der Waals surface area contributed by atoms with Crippen LogP contribution in [0.25, 0.3) is 0 Å². The van der Waals surface area contributed by atoms with E-state index in [-0.39, 0.29) is 23.7 Å². The van der Waals surface area contributed by atoms with E-state index in [2.05, 4.69) is 6.08 Å². The van der Waals surface area contributed by atoms with Crippen LogP contribution in [0, 0.1) is 17.8 Å². The zero-order valence-electron chi connectivity index (χ0n) is 12.0. The molecule has 1 saturated heterocycles. The summed E-state index contributed by atoms with van der Waals surface area (Å²) in [7, 11) is 0. The van der Waals surface area contributed by atoms with Gasteiger partial charge >= 0.3 is 0 Å². The smallest absolute Gasteiger partial charge is 0.242 e. The maximum absolute atomic E-state index is 12.7. The zero-order chi connectivity index (χ0) is 14.4. The molecule has 1 aromatic rings. The molecule has 3 heteroatoms. The van der Waals surface area contributed by atoms with Crippen LogP contribution in [0.4, 0.5) is 5.69 Å². The Labute approximate surface area is 124 Å². The standard InChI is InChI=1S/C18H19NO2/c20-17-15-11-14(12-7-3-1-4-8-12)16(15)18(21)19(17)13-9-5-2-6-10-13/h2,5-6,9-12,15-16H,1,3-4,7-8H2. The van der Waals surface area contributed by atoms with E-state index in [1.54, 1.807) is 0 Å². The molecular formula is C18H19NO2. The van der Waals surface area contributed by atoms with E-state index in [0.717, 1.165) is 0 Å². The minimum Gasteiger partial charge on any atom is -0.273 e. The van der Waals surface area contributed by atoms with Crippen molar-refractivity contribution in [1.29, 1.82) is 0 Å². The molecule has 0 spiro atoms. The molecule has 1 saturated carbocycles. The largest absolute Gasteiger partial charge is 0.273 e. The van der Waals surface area contributed by atoms with Gasteiger partial charge < -0.3 is 0 Å². The molecule has 1 heterocycles. The molecule has 0 aromatic heterocycles. The number of hydrogen-bond acceptors (Lipinski definition) is 2. The van der Waals surface area contributed by atoms with Gasteiger partial charge in [0.25, 0.3) is 0 Å². The van der Waals surface area contributed by atoms with E-state index >= 15 is 0 Å². The zero-order valence-corrected chi connectivity index (χ0v) is 12.0. The normalized spacial score (nSPS) is 29.1. The lowest BCUT2D eigenvalue weighted by molar-refractivity contribution is -0.122. The Morgan fingerprint density at radius 2 is 1.62 bits per heavy atom. The van der Waals surface area contributed by atoms with Gasteiger partial charge in [-0.15, -0.1) is 0 Å². The van der Waals surface area contributed by atoms with Crippen LogP contribution in [-0.2, 0) is 9.59 Å². The molecule has 2 unspecified atom stereocenters. The summed E-state index contributed by atoms with van der Waals surface area (Å²) < 4.78 is 0. The number of carbonyl (C=O) groups is 2. The fourth-order valence-electron chi connectivity index (χ4n) is 4.06. The third-order valence-corrected chi connectivity index (χ3v) is 5.17. The van der Waals surface area contributed by atoms with Crippen LogP contribution < -0.4 is 4.90 Å². The van der Waals surface area contributed by atoms with E-state index in [0.29, 0.717) is 11.6 Å². The van der Waals surface area contributed by atoms with Crippen molar-refractivity contribution in [2.45, 2.75) is 32.1 Å². The van der Waals surface area contributed by atoms with Gasteiger partial charge in [0.1, 0.15) is 0 Å². The maximum atomic E-state index is 12.7. The Morgan fingerprint density at radius 3 is 2.33 bits per heavy atom. The van der Waals surface area contributed by atoms with Crippen molar-refractivity contribution in [2.75, 3.05) is 4.90 Å². The van der Waals surface area contributed by atoms with Gasteiger partial charge in [-0.1, -0.05) is 49.1 Å². The van der Waals surface area contributed by atoms with Gasteiger partial charge in [-0.2, -0.15) is 0 Å². The van der Waals surface area contributed by atoms with Gasteiger partial charge in [-0.25, -0.2) is 4.90 Å². The van der Waals surface area contributed by atoms with Crippen molar-refractivity contribution in [3.05, 3.63) is 42.0 Å². The molecule has 2 amide bonds. The Bertz CT molecular complexity index is 613. The number of benzene rings is 1. The molecule has 1 aliphatic heterocycles. The number of carbonyl (C=O) groups excluding carboxylic acids is 2. The minimum absolute atomic E-state index is 0.0146. The van der Waals surface area contributed by atoms with Crippen molar-refractivity contribution in [3.63, 3.8) is 0 Å². The number of para-hydroxylation sites is 1. The molecular weight excluding hydrogens is 262 g/mol. The van der Waals surface area contributed by atoms with E-state index in [1.165, 1.54) is 42.6 Å². The molecule has 0 bridgehead atoms. The number of rotatable bonds is 2. The van der Waals surface area contributed by atoms with Gasteiger partial charge in [0, 0.05) is 0 Å². The molecule has 2 aliphatic carbocycles. The molecule has 4 rings (SSSR count). The highest BCUT2D eigenvalue weighted by Crippen LogP contribution is 2.49. The highest BCUT2D eigenvalue weighted by molar-refractivity contribution is 6.24. The first-order chi connectivity index (χ1) is 10.3. The van der Waals surface area contributed by atoms with Crippen molar-refractivity contribution in [1.82, 2.24) is 0 Å². The number of anilines is 1. The summed E-state index contributed by atoms with van der Waals surface area (Å²) in [6, 6.07) is 9.30. The number of fused-ring (bicyclic) bond motifs is 1. The summed E-state index contributed by atoms with van der Waals surface area (Å²) in [5, 5.41) is 0. The van der Waals surface area contributed by atoms with Crippen LogP contribution in [-0.4, -0.2) is 11.8 Å². The maximum Gasteiger partial charge on any atom is 0.242 e. The average Bonchev–Trinajstić information content (AvgIpc) is 2.66. The van der Waals surface area contributed by atoms with Gasteiger partial charge in [0.05, 0.1) is 17.5 Å². The Kier molecular flexibility index (Phi) is 2.95. The number of hydrogen-bond donors (Lipinski definition) is 0. The summed E-state index contributed by atoms with van der Waals surface area (Å²) in [6.07, 6.45) is 8.25. The molecule has 2 atom stereocenters. The van der Waals surface area contributed by atoms with Gasteiger partial charge in [-0.05, 0) is 30.9 Å². The second kappa shape index (κ2) is 4.83. The third-order valence-electron chi connectivity index (χ3n) is 5.17. The van der Waals surface area contributed by atoms with E-state index < -0.39 is 0 Å². The van der Waals surface area contributed by atoms with Crippen molar-refractivity contribution in [2.24, 2.45) is 17.8 Å². The molecule has 0 radical (unpaired) electrons. The van der Waals surface area contributed by atoms with Crippen molar-refractivity contribution >= 4 is 17.5 Å². The quantitative estimate of drug-likeness (QED) is 0.616. The average molecular weight is 281 g/mol. The van der Waals surface area contributed by atoms with Gasteiger partial charge in [0.2, 0.25) is 11.8 Å². The third kappa shape index (κ3) is 1.87. The van der Waals surface area contributed by atoms with Gasteiger partial charge in [0.15, 0.2) is 0 Å². The Balaban J connectivity index is 1.60. The first-order valence-corrected chi connectivity index (χ1v) is 7.92. The highest BCUT2D eigenvalue weighted by Gasteiger charge is 2.55. The minimum atomic E-state index is -0.199. The molecule has 1 aromatic carbocycles. The van der Waals surface area contributed by atoms with Crippen LogP contribution >= 0.6 is 0 Å².